The van der Waals surface area contributed by atoms with Crippen molar-refractivity contribution in [2.45, 2.75) is 19.9 Å². The second-order valence-corrected chi connectivity index (χ2v) is 4.61. The lowest BCUT2D eigenvalue weighted by atomic mass is 10.1. The van der Waals surface area contributed by atoms with Gasteiger partial charge >= 0.3 is 5.97 Å². The monoisotopic (exact) mass is 280 g/mol. The third kappa shape index (κ3) is 3.06. The lowest BCUT2D eigenvalue weighted by molar-refractivity contribution is 0.0698. The highest BCUT2D eigenvalue weighted by Crippen LogP contribution is 2.25. The van der Waals surface area contributed by atoms with Crippen LogP contribution in [0, 0.1) is 6.92 Å². The van der Waals surface area contributed by atoms with Gasteiger partial charge < -0.3 is 14.8 Å². The number of nitrogens with one attached hydrogen (secondary N) is 1. The first kappa shape index (κ1) is 13.4. The Balaban J connectivity index is 2.26. The number of hydrogen-bond donors (Lipinski definition) is 2. The molecule has 0 amide bonds. The summed E-state index contributed by atoms with van der Waals surface area (Å²) in [6, 6.07) is 4.41. The Kier molecular flexibility index (Phi) is 3.76. The van der Waals surface area contributed by atoms with Crippen LogP contribution in [0.4, 0.5) is 5.69 Å². The van der Waals surface area contributed by atoms with Gasteiger partial charge in [-0.1, -0.05) is 11.6 Å². The molecule has 0 fully saturated rings. The van der Waals surface area contributed by atoms with Crippen molar-refractivity contribution in [3.05, 3.63) is 46.6 Å². The van der Waals surface area contributed by atoms with Crippen LogP contribution in [0.2, 0.25) is 5.02 Å². The smallest absolute Gasteiger partial charge is 0.337 e. The van der Waals surface area contributed by atoms with Crippen molar-refractivity contribution in [2.75, 3.05) is 5.32 Å². The highest BCUT2D eigenvalue weighted by molar-refractivity contribution is 6.31. The number of carbonyl (C=O) groups is 1. The van der Waals surface area contributed by atoms with Crippen molar-refractivity contribution in [3.63, 3.8) is 0 Å². The molecule has 1 aromatic carbocycles. The molecule has 0 aliphatic heterocycles. The minimum atomic E-state index is -1.04. The van der Waals surface area contributed by atoms with Crippen molar-refractivity contribution in [3.8, 4) is 0 Å². The van der Waals surface area contributed by atoms with Crippen LogP contribution in [0.15, 0.2) is 28.8 Å². The van der Waals surface area contributed by atoms with Crippen molar-refractivity contribution in [2.24, 2.45) is 0 Å². The fourth-order valence-electron chi connectivity index (χ4n) is 1.69. The quantitative estimate of drug-likeness (QED) is 0.896. The van der Waals surface area contributed by atoms with Crippen LogP contribution in [0.5, 0.6) is 0 Å². The number of carboxylic acids is 1. The zero-order chi connectivity index (χ0) is 14.0. The van der Waals surface area contributed by atoms with Crippen molar-refractivity contribution < 1.29 is 14.3 Å². The Bertz CT molecular complexity index is 610. The molecule has 1 aromatic heterocycles. The van der Waals surface area contributed by atoms with Gasteiger partial charge in [0, 0.05) is 10.7 Å². The lowest BCUT2D eigenvalue weighted by Gasteiger charge is -2.14. The molecule has 0 aliphatic rings. The van der Waals surface area contributed by atoms with E-state index in [9.17, 15) is 4.79 Å². The number of carboxylic acid groups (broad SMARTS) is 1. The van der Waals surface area contributed by atoms with Gasteiger partial charge in [0.15, 0.2) is 0 Å². The van der Waals surface area contributed by atoms with Gasteiger partial charge in [-0.25, -0.2) is 9.78 Å². The minimum absolute atomic E-state index is 0.114. The maximum Gasteiger partial charge on any atom is 0.337 e. The van der Waals surface area contributed by atoms with Crippen LogP contribution in [0.25, 0.3) is 0 Å². The van der Waals surface area contributed by atoms with Crippen LogP contribution in [0.1, 0.15) is 35.0 Å². The first-order valence-corrected chi connectivity index (χ1v) is 6.07. The molecule has 6 heteroatoms. The largest absolute Gasteiger partial charge is 0.478 e. The maximum absolute atomic E-state index is 11.2. The molecule has 5 nitrogen and oxygen atoms in total. The summed E-state index contributed by atoms with van der Waals surface area (Å²) in [6.07, 6.45) is 1.62. The highest BCUT2D eigenvalue weighted by Gasteiger charge is 2.16. The van der Waals surface area contributed by atoms with E-state index in [1.807, 2.05) is 6.92 Å². The van der Waals surface area contributed by atoms with Crippen LogP contribution >= 0.6 is 11.6 Å². The summed E-state index contributed by atoms with van der Waals surface area (Å²) in [7, 11) is 0. The molecule has 0 bridgehead atoms. The standard InChI is InChI=1S/C13H13ClN2O3/c1-7-6-15-12(19-7)8(2)16-11-4-3-9(14)5-10(11)13(17)18/h3-6,8,16H,1-2H3,(H,17,18). The molecule has 2 aromatic rings. The van der Waals surface area contributed by atoms with Crippen molar-refractivity contribution in [1.29, 1.82) is 0 Å². The van der Waals surface area contributed by atoms with E-state index in [4.69, 9.17) is 21.1 Å². The Morgan fingerprint density at radius 1 is 1.53 bits per heavy atom. The summed E-state index contributed by atoms with van der Waals surface area (Å²) in [4.78, 5) is 15.3. The number of nitrogens with zero attached hydrogens (tertiary/aromatic N) is 1. The molecule has 0 saturated carbocycles. The van der Waals surface area contributed by atoms with E-state index >= 15 is 0 Å². The normalized spacial score (nSPS) is 12.2. The van der Waals surface area contributed by atoms with Gasteiger partial charge in [0.2, 0.25) is 5.89 Å². The average Bonchev–Trinajstić information content (AvgIpc) is 2.78. The number of aromatic nitrogens is 1. The molecular weight excluding hydrogens is 268 g/mol. The topological polar surface area (TPSA) is 75.4 Å². The number of anilines is 1. The summed E-state index contributed by atoms with van der Waals surface area (Å²) in [6.45, 7) is 3.64. The first-order chi connectivity index (χ1) is 8.97. The van der Waals surface area contributed by atoms with Gasteiger partial charge in [0.25, 0.3) is 0 Å². The minimum Gasteiger partial charge on any atom is -0.478 e. The van der Waals surface area contributed by atoms with Gasteiger partial charge in [-0.15, -0.1) is 0 Å². The number of halogens is 1. The number of rotatable bonds is 4. The molecule has 100 valence electrons. The van der Waals surface area contributed by atoms with Crippen molar-refractivity contribution in [1.82, 2.24) is 4.98 Å². The Morgan fingerprint density at radius 2 is 2.26 bits per heavy atom. The average molecular weight is 281 g/mol. The summed E-state index contributed by atoms with van der Waals surface area (Å²) >= 11 is 5.80. The Labute approximate surface area is 115 Å². The molecule has 0 saturated heterocycles. The fourth-order valence-corrected chi connectivity index (χ4v) is 1.86. The zero-order valence-corrected chi connectivity index (χ0v) is 11.2. The number of aryl methyl sites for hydroxylation is 1. The van der Waals surface area contributed by atoms with Crippen molar-refractivity contribution >= 4 is 23.3 Å². The molecule has 1 heterocycles. The van der Waals surface area contributed by atoms with Crippen LogP contribution < -0.4 is 5.32 Å². The van der Waals surface area contributed by atoms with Gasteiger partial charge in [0.05, 0.1) is 11.8 Å². The molecule has 1 atom stereocenters. The summed E-state index contributed by atoms with van der Waals surface area (Å²) in [5.74, 6) is 0.169. The molecule has 0 radical (unpaired) electrons. The molecule has 19 heavy (non-hydrogen) atoms. The van der Waals surface area contributed by atoms with Gasteiger partial charge in [-0.05, 0) is 32.0 Å². The van der Waals surface area contributed by atoms with Crippen LogP contribution in [0.3, 0.4) is 0 Å². The summed E-state index contributed by atoms with van der Waals surface area (Å²) in [5.41, 5.74) is 0.586. The molecule has 2 N–H and O–H groups in total. The molecular formula is C13H13ClN2O3. The summed E-state index contributed by atoms with van der Waals surface area (Å²) < 4.78 is 5.39. The number of oxazole rings is 1. The van der Waals surface area contributed by atoms with Gasteiger partial charge in [-0.2, -0.15) is 0 Å². The molecule has 1 unspecified atom stereocenters. The van der Waals surface area contributed by atoms with E-state index in [2.05, 4.69) is 10.3 Å². The maximum atomic E-state index is 11.2. The van der Waals surface area contributed by atoms with Crippen LogP contribution in [-0.2, 0) is 0 Å². The molecule has 2 rings (SSSR count). The van der Waals surface area contributed by atoms with E-state index in [1.165, 1.54) is 6.07 Å². The third-order valence-corrected chi connectivity index (χ3v) is 2.83. The lowest BCUT2D eigenvalue weighted by Crippen LogP contribution is -2.11. The van der Waals surface area contributed by atoms with E-state index in [0.717, 1.165) is 0 Å². The van der Waals surface area contributed by atoms with E-state index in [1.54, 1.807) is 25.3 Å². The van der Waals surface area contributed by atoms with Gasteiger partial charge in [0.1, 0.15) is 11.8 Å². The Hall–Kier alpha value is -2.01. The summed E-state index contributed by atoms with van der Waals surface area (Å²) in [5, 5.41) is 12.6. The fraction of sp³-hybridized carbons (Fsp3) is 0.231. The second-order valence-electron chi connectivity index (χ2n) is 4.17. The third-order valence-electron chi connectivity index (χ3n) is 2.59. The van der Waals surface area contributed by atoms with E-state index < -0.39 is 5.97 Å². The first-order valence-electron chi connectivity index (χ1n) is 5.69. The predicted molar refractivity (Wildman–Crippen MR) is 71.7 cm³/mol. The van der Waals surface area contributed by atoms with E-state index in [0.29, 0.717) is 22.4 Å². The predicted octanol–water partition coefficient (Wildman–Crippen LogP) is 3.51. The number of hydrogen-bond acceptors (Lipinski definition) is 4. The molecule has 0 spiro atoms. The van der Waals surface area contributed by atoms with E-state index in [-0.39, 0.29) is 11.6 Å². The SMILES string of the molecule is Cc1cnc(C(C)Nc2ccc(Cl)cc2C(=O)O)o1. The zero-order valence-electron chi connectivity index (χ0n) is 10.5. The second kappa shape index (κ2) is 5.32. The molecule has 0 aliphatic carbocycles. The Morgan fingerprint density at radius 3 is 2.84 bits per heavy atom. The number of aromatic carboxylic acids is 1. The van der Waals surface area contributed by atoms with Gasteiger partial charge in [-0.3, -0.25) is 0 Å². The highest BCUT2D eigenvalue weighted by atomic mass is 35.5. The number of benzene rings is 1. The van der Waals surface area contributed by atoms with Crippen LogP contribution in [-0.4, -0.2) is 16.1 Å².